The molecule has 1 aliphatic rings. The molecule has 0 spiro atoms. The van der Waals surface area contributed by atoms with Gasteiger partial charge in [0.25, 0.3) is 11.8 Å². The maximum atomic E-state index is 12.3. The summed E-state index contributed by atoms with van der Waals surface area (Å²) < 4.78 is 5.77. The number of rotatable bonds is 7. The van der Waals surface area contributed by atoms with Crippen molar-refractivity contribution in [3.63, 3.8) is 0 Å². The van der Waals surface area contributed by atoms with E-state index in [0.717, 1.165) is 30.4 Å². The summed E-state index contributed by atoms with van der Waals surface area (Å²) in [6, 6.07) is 14.9. The first kappa shape index (κ1) is 18.1. The van der Waals surface area contributed by atoms with Crippen LogP contribution in [0.25, 0.3) is 11.5 Å². The van der Waals surface area contributed by atoms with Gasteiger partial charge < -0.3 is 4.42 Å². The van der Waals surface area contributed by atoms with Gasteiger partial charge in [0.05, 0.1) is 11.1 Å². The minimum atomic E-state index is -0.194. The normalized spacial score (nSPS) is 13.2. The third kappa shape index (κ3) is 3.45. The lowest BCUT2D eigenvalue weighted by Crippen LogP contribution is -2.30. The van der Waals surface area contributed by atoms with Gasteiger partial charge in [0.1, 0.15) is 0 Å². The number of carbonyl (C=O) groups excluding carboxylic acids is 2. The molecule has 6 nitrogen and oxygen atoms in total. The number of aromatic nitrogens is 2. The van der Waals surface area contributed by atoms with Gasteiger partial charge in [-0.05, 0) is 43.5 Å². The second-order valence-electron chi connectivity index (χ2n) is 6.93. The Kier molecular flexibility index (Phi) is 5.02. The molecule has 0 atom stereocenters. The summed E-state index contributed by atoms with van der Waals surface area (Å²) in [6.45, 7) is 2.45. The van der Waals surface area contributed by atoms with Crippen LogP contribution < -0.4 is 0 Å². The van der Waals surface area contributed by atoms with Crippen molar-refractivity contribution in [1.82, 2.24) is 15.1 Å². The van der Waals surface area contributed by atoms with Gasteiger partial charge in [0, 0.05) is 18.5 Å². The van der Waals surface area contributed by atoms with Gasteiger partial charge in [-0.3, -0.25) is 14.5 Å². The molecule has 3 aromatic rings. The molecule has 0 bridgehead atoms. The molecule has 28 heavy (non-hydrogen) atoms. The molecule has 2 aromatic carbocycles. The molecule has 0 saturated heterocycles. The Morgan fingerprint density at radius 1 is 0.821 bits per heavy atom. The molecule has 4 rings (SSSR count). The van der Waals surface area contributed by atoms with Crippen LogP contribution in [0.5, 0.6) is 0 Å². The highest BCUT2D eigenvalue weighted by molar-refractivity contribution is 6.21. The van der Waals surface area contributed by atoms with Crippen molar-refractivity contribution >= 4 is 11.8 Å². The predicted octanol–water partition coefficient (Wildman–Crippen LogP) is 4.05. The maximum Gasteiger partial charge on any atom is 0.261 e. The molecular formula is C22H21N3O3. The monoisotopic (exact) mass is 375 g/mol. The van der Waals surface area contributed by atoms with Crippen LogP contribution in [0.1, 0.15) is 51.4 Å². The average Bonchev–Trinajstić information content (AvgIpc) is 3.27. The summed E-state index contributed by atoms with van der Waals surface area (Å²) >= 11 is 0. The molecule has 0 radical (unpaired) electrons. The smallest absolute Gasteiger partial charge is 0.261 e. The summed E-state index contributed by atoms with van der Waals surface area (Å²) in [5.41, 5.74) is 3.05. The van der Waals surface area contributed by atoms with Crippen LogP contribution in [-0.2, 0) is 6.42 Å². The number of carbonyl (C=O) groups is 2. The van der Waals surface area contributed by atoms with Crippen molar-refractivity contribution in [2.75, 3.05) is 6.54 Å². The van der Waals surface area contributed by atoms with Gasteiger partial charge in [-0.25, -0.2) is 0 Å². The largest absolute Gasteiger partial charge is 0.421 e. The van der Waals surface area contributed by atoms with Crippen LogP contribution in [0.4, 0.5) is 0 Å². The fourth-order valence-corrected chi connectivity index (χ4v) is 3.44. The molecule has 0 unspecified atom stereocenters. The number of hydrogen-bond acceptors (Lipinski definition) is 5. The highest BCUT2D eigenvalue weighted by Crippen LogP contribution is 2.24. The summed E-state index contributed by atoms with van der Waals surface area (Å²) in [5.74, 6) is 0.763. The zero-order valence-electron chi connectivity index (χ0n) is 15.7. The fraction of sp³-hybridized carbons (Fsp3) is 0.273. The Morgan fingerprint density at radius 3 is 2.14 bits per heavy atom. The average molecular weight is 375 g/mol. The van der Waals surface area contributed by atoms with Crippen molar-refractivity contribution in [3.8, 4) is 11.5 Å². The molecular weight excluding hydrogens is 354 g/mol. The number of amides is 2. The van der Waals surface area contributed by atoms with Crippen LogP contribution >= 0.6 is 0 Å². The highest BCUT2D eigenvalue weighted by Gasteiger charge is 2.34. The van der Waals surface area contributed by atoms with Gasteiger partial charge in [-0.2, -0.15) is 0 Å². The van der Waals surface area contributed by atoms with Crippen molar-refractivity contribution in [2.45, 2.75) is 32.6 Å². The van der Waals surface area contributed by atoms with E-state index in [1.807, 2.05) is 31.2 Å². The molecule has 0 N–H and O–H groups in total. The van der Waals surface area contributed by atoms with Gasteiger partial charge in [-0.15, -0.1) is 10.2 Å². The molecule has 6 heteroatoms. The van der Waals surface area contributed by atoms with E-state index in [1.165, 1.54) is 4.90 Å². The Bertz CT molecular complexity index is 990. The number of unbranched alkanes of at least 4 members (excludes halogenated alkanes) is 2. The molecule has 0 aliphatic carbocycles. The quantitative estimate of drug-likeness (QED) is 0.460. The first-order valence-corrected chi connectivity index (χ1v) is 9.49. The Hall–Kier alpha value is -3.28. The van der Waals surface area contributed by atoms with E-state index in [-0.39, 0.29) is 11.8 Å². The van der Waals surface area contributed by atoms with E-state index in [1.54, 1.807) is 24.3 Å². The standard InChI is InChI=1S/C22H21N3O3/c1-15-9-4-5-10-16(15)20-24-23-19(28-20)13-3-2-8-14-25-21(26)17-11-6-7-12-18(17)22(25)27/h4-7,9-12H,2-3,8,13-14H2,1H3. The van der Waals surface area contributed by atoms with E-state index in [9.17, 15) is 9.59 Å². The third-order valence-electron chi connectivity index (χ3n) is 4.99. The van der Waals surface area contributed by atoms with Crippen LogP contribution in [-0.4, -0.2) is 33.5 Å². The Balaban J connectivity index is 1.26. The SMILES string of the molecule is Cc1ccccc1-c1nnc(CCCCCN2C(=O)c3ccccc3C2=O)o1. The van der Waals surface area contributed by atoms with Crippen LogP contribution in [0.2, 0.25) is 0 Å². The lowest BCUT2D eigenvalue weighted by atomic mass is 10.1. The molecule has 0 fully saturated rings. The van der Waals surface area contributed by atoms with E-state index in [0.29, 0.717) is 35.9 Å². The van der Waals surface area contributed by atoms with Crippen LogP contribution in [0, 0.1) is 6.92 Å². The lowest BCUT2D eigenvalue weighted by Gasteiger charge is -2.13. The Morgan fingerprint density at radius 2 is 1.46 bits per heavy atom. The van der Waals surface area contributed by atoms with Crippen LogP contribution in [0.3, 0.4) is 0 Å². The number of imide groups is 1. The minimum Gasteiger partial charge on any atom is -0.421 e. The second kappa shape index (κ2) is 7.76. The van der Waals surface area contributed by atoms with Gasteiger partial charge in [0.2, 0.25) is 11.8 Å². The zero-order valence-corrected chi connectivity index (χ0v) is 15.7. The van der Waals surface area contributed by atoms with E-state index in [2.05, 4.69) is 10.2 Å². The fourth-order valence-electron chi connectivity index (χ4n) is 3.44. The third-order valence-corrected chi connectivity index (χ3v) is 4.99. The molecule has 142 valence electrons. The lowest BCUT2D eigenvalue weighted by molar-refractivity contribution is 0.0651. The minimum absolute atomic E-state index is 0.194. The van der Waals surface area contributed by atoms with E-state index in [4.69, 9.17) is 4.42 Å². The van der Waals surface area contributed by atoms with Crippen molar-refractivity contribution in [2.24, 2.45) is 0 Å². The molecule has 2 amide bonds. The zero-order chi connectivity index (χ0) is 19.5. The van der Waals surface area contributed by atoms with E-state index < -0.39 is 0 Å². The summed E-state index contributed by atoms with van der Waals surface area (Å²) in [7, 11) is 0. The first-order valence-electron chi connectivity index (χ1n) is 9.49. The summed E-state index contributed by atoms with van der Waals surface area (Å²) in [4.78, 5) is 26.0. The maximum absolute atomic E-state index is 12.3. The van der Waals surface area contributed by atoms with Crippen molar-refractivity contribution in [1.29, 1.82) is 0 Å². The topological polar surface area (TPSA) is 76.3 Å². The number of aryl methyl sites for hydroxylation is 2. The second-order valence-corrected chi connectivity index (χ2v) is 6.93. The number of nitrogens with zero attached hydrogens (tertiary/aromatic N) is 3. The van der Waals surface area contributed by atoms with Gasteiger partial charge in [-0.1, -0.05) is 36.8 Å². The first-order chi connectivity index (χ1) is 13.6. The number of hydrogen-bond donors (Lipinski definition) is 0. The molecule has 2 heterocycles. The van der Waals surface area contributed by atoms with Gasteiger partial charge >= 0.3 is 0 Å². The molecule has 0 saturated carbocycles. The number of fused-ring (bicyclic) bond motifs is 1. The Labute approximate surface area is 163 Å². The highest BCUT2D eigenvalue weighted by atomic mass is 16.4. The van der Waals surface area contributed by atoms with E-state index >= 15 is 0 Å². The summed E-state index contributed by atoms with van der Waals surface area (Å²) in [5, 5.41) is 8.26. The molecule has 1 aromatic heterocycles. The summed E-state index contributed by atoms with van der Waals surface area (Å²) in [6.07, 6.45) is 3.17. The number of benzene rings is 2. The van der Waals surface area contributed by atoms with Crippen molar-refractivity contribution in [3.05, 3.63) is 71.1 Å². The van der Waals surface area contributed by atoms with Crippen molar-refractivity contribution < 1.29 is 14.0 Å². The molecule has 1 aliphatic heterocycles. The van der Waals surface area contributed by atoms with Crippen LogP contribution in [0.15, 0.2) is 52.9 Å². The van der Waals surface area contributed by atoms with Gasteiger partial charge in [0.15, 0.2) is 0 Å². The predicted molar refractivity (Wildman–Crippen MR) is 104 cm³/mol.